The molecule has 0 bridgehead atoms. The zero-order chi connectivity index (χ0) is 23.0. The molecule has 0 spiro atoms. The van der Waals surface area contributed by atoms with Crippen LogP contribution < -0.4 is 0 Å². The van der Waals surface area contributed by atoms with Crippen molar-refractivity contribution >= 4 is 6.47 Å². The first kappa shape index (κ1) is 23.2. The molecule has 1 aromatic heterocycles. The van der Waals surface area contributed by atoms with Crippen LogP contribution in [-0.2, 0) is 16.8 Å². The summed E-state index contributed by atoms with van der Waals surface area (Å²) in [5.41, 5.74) is 4.39. The molecule has 0 aliphatic heterocycles. The monoisotopic (exact) mass is 430 g/mol. The van der Waals surface area contributed by atoms with Crippen molar-refractivity contribution in [1.82, 2.24) is 14.5 Å². The third-order valence-corrected chi connectivity index (χ3v) is 6.09. The second-order valence-corrected chi connectivity index (χ2v) is 8.41. The first-order valence-electron chi connectivity index (χ1n) is 10.9. The predicted octanol–water partition coefficient (Wildman–Crippen LogP) is 4.81. The van der Waals surface area contributed by atoms with Crippen LogP contribution in [0.2, 0.25) is 0 Å². The van der Waals surface area contributed by atoms with Crippen molar-refractivity contribution in [1.29, 1.82) is 5.26 Å². The largest absolute Gasteiger partial charge is 0.483 e. The van der Waals surface area contributed by atoms with E-state index in [0.29, 0.717) is 0 Å². The maximum absolute atomic E-state index is 9.71. The highest BCUT2D eigenvalue weighted by Crippen LogP contribution is 2.41. The number of likely N-dealkylation sites (N-methyl/N-ethyl adjacent to an activating group) is 1. The molecule has 0 atom stereocenters. The summed E-state index contributed by atoms with van der Waals surface area (Å²) < 4.78 is 2.20. The second-order valence-electron chi connectivity index (χ2n) is 8.41. The molecule has 1 heterocycles. The topological polar surface area (TPSA) is 82.2 Å². The number of nitrogens with zero attached hydrogens (tertiary/aromatic N) is 4. The van der Waals surface area contributed by atoms with E-state index in [1.807, 2.05) is 12.4 Å². The van der Waals surface area contributed by atoms with Gasteiger partial charge in [-0.25, -0.2) is 4.98 Å². The number of rotatable bonds is 6. The molecular formula is C26H30N4O2. The minimum absolute atomic E-state index is 0.250. The van der Waals surface area contributed by atoms with Gasteiger partial charge in [-0.2, -0.15) is 5.26 Å². The first-order chi connectivity index (χ1) is 15.5. The Morgan fingerprint density at radius 1 is 1.06 bits per heavy atom. The summed E-state index contributed by atoms with van der Waals surface area (Å²) in [4.78, 5) is 15.1. The molecule has 166 valence electrons. The third kappa shape index (κ3) is 5.24. The molecule has 3 aromatic rings. The predicted molar refractivity (Wildman–Crippen MR) is 126 cm³/mol. The lowest BCUT2D eigenvalue weighted by atomic mass is 9.80. The Balaban J connectivity index is 0.000000913. The van der Waals surface area contributed by atoms with Gasteiger partial charge >= 0.3 is 0 Å². The van der Waals surface area contributed by atoms with Gasteiger partial charge in [-0.1, -0.05) is 61.4 Å². The first-order valence-corrected chi connectivity index (χ1v) is 10.9. The van der Waals surface area contributed by atoms with Gasteiger partial charge in [0.15, 0.2) is 0 Å². The fourth-order valence-corrected chi connectivity index (χ4v) is 4.29. The zero-order valence-electron chi connectivity index (χ0n) is 18.7. The summed E-state index contributed by atoms with van der Waals surface area (Å²) in [5.74, 6) is 1.01. The molecular weight excluding hydrogens is 400 g/mol. The average molecular weight is 431 g/mol. The van der Waals surface area contributed by atoms with Crippen molar-refractivity contribution in [3.8, 4) is 28.6 Å². The van der Waals surface area contributed by atoms with Crippen LogP contribution in [0.3, 0.4) is 0 Å². The van der Waals surface area contributed by atoms with Crippen molar-refractivity contribution in [2.45, 2.75) is 37.6 Å². The molecule has 4 rings (SSSR count). The quantitative estimate of drug-likeness (QED) is 0.567. The van der Waals surface area contributed by atoms with E-state index in [2.05, 4.69) is 83.1 Å². The highest BCUT2D eigenvalue weighted by atomic mass is 16.3. The molecule has 0 radical (unpaired) electrons. The number of carbonyl (C=O) groups is 1. The lowest BCUT2D eigenvalue weighted by molar-refractivity contribution is -0.122. The highest BCUT2D eigenvalue weighted by Gasteiger charge is 2.35. The molecule has 1 aliphatic carbocycles. The van der Waals surface area contributed by atoms with E-state index < -0.39 is 0 Å². The van der Waals surface area contributed by atoms with Gasteiger partial charge in [0.1, 0.15) is 5.82 Å². The van der Waals surface area contributed by atoms with Crippen LogP contribution in [0.15, 0.2) is 60.9 Å². The Bertz CT molecular complexity index is 1040. The minimum atomic E-state index is -0.272. The smallest absolute Gasteiger partial charge is 0.290 e. The molecule has 1 aliphatic rings. The van der Waals surface area contributed by atoms with Crippen LogP contribution in [0.1, 0.15) is 31.2 Å². The van der Waals surface area contributed by atoms with Crippen LogP contribution in [0.4, 0.5) is 0 Å². The summed E-state index contributed by atoms with van der Waals surface area (Å²) in [6.45, 7) is 1.66. The molecule has 0 unspecified atom stereocenters. The van der Waals surface area contributed by atoms with E-state index in [-0.39, 0.29) is 11.9 Å². The van der Waals surface area contributed by atoms with Crippen molar-refractivity contribution in [3.63, 3.8) is 0 Å². The van der Waals surface area contributed by atoms with Gasteiger partial charge in [0, 0.05) is 31.0 Å². The Kier molecular flexibility index (Phi) is 7.80. The molecule has 0 saturated heterocycles. The number of hydrogen-bond acceptors (Lipinski definition) is 4. The van der Waals surface area contributed by atoms with Crippen molar-refractivity contribution in [2.24, 2.45) is 0 Å². The standard InChI is InChI=1S/C25H28N4.CH2O2/c1-28(2)17-18-29-16-15-27-24(29)22-7-5-20(6-8-22)21-9-11-23(12-10-21)25(19-26)13-3-4-14-25;2-1-3/h5-12,15-16H,3-4,13-14,17-18H2,1-2H3;1H,(H,2,3). The maximum Gasteiger partial charge on any atom is 0.290 e. The molecule has 2 aromatic carbocycles. The molecule has 6 nitrogen and oxygen atoms in total. The lowest BCUT2D eigenvalue weighted by Gasteiger charge is -2.21. The van der Waals surface area contributed by atoms with Crippen molar-refractivity contribution < 1.29 is 9.90 Å². The van der Waals surface area contributed by atoms with Crippen LogP contribution in [0.25, 0.3) is 22.5 Å². The molecule has 1 fully saturated rings. The van der Waals surface area contributed by atoms with Gasteiger partial charge in [-0.15, -0.1) is 0 Å². The Morgan fingerprint density at radius 3 is 2.12 bits per heavy atom. The number of imidazole rings is 1. The van der Waals surface area contributed by atoms with E-state index >= 15 is 0 Å². The summed E-state index contributed by atoms with van der Waals surface area (Å²) >= 11 is 0. The fraction of sp³-hybridized carbons (Fsp3) is 0.346. The summed E-state index contributed by atoms with van der Waals surface area (Å²) in [7, 11) is 4.17. The molecule has 1 N–H and O–H groups in total. The number of benzene rings is 2. The summed E-state index contributed by atoms with van der Waals surface area (Å²) in [5, 5.41) is 16.6. The van der Waals surface area contributed by atoms with E-state index in [1.165, 1.54) is 16.7 Å². The number of carboxylic acid groups (broad SMARTS) is 1. The Hall–Kier alpha value is -3.43. The van der Waals surface area contributed by atoms with Gasteiger partial charge in [0.2, 0.25) is 0 Å². The van der Waals surface area contributed by atoms with Gasteiger partial charge in [0.25, 0.3) is 6.47 Å². The highest BCUT2D eigenvalue weighted by molar-refractivity contribution is 5.68. The van der Waals surface area contributed by atoms with E-state index in [1.54, 1.807) is 0 Å². The normalized spacial score (nSPS) is 14.4. The Morgan fingerprint density at radius 2 is 1.59 bits per heavy atom. The fourth-order valence-electron chi connectivity index (χ4n) is 4.29. The number of nitriles is 1. The van der Waals surface area contributed by atoms with Crippen LogP contribution in [0.5, 0.6) is 0 Å². The molecule has 6 heteroatoms. The van der Waals surface area contributed by atoms with Gasteiger partial charge in [0.05, 0.1) is 11.5 Å². The minimum Gasteiger partial charge on any atom is -0.483 e. The van der Waals surface area contributed by atoms with Crippen molar-refractivity contribution in [3.05, 3.63) is 66.5 Å². The lowest BCUT2D eigenvalue weighted by Crippen LogP contribution is -2.18. The molecule has 32 heavy (non-hydrogen) atoms. The van der Waals surface area contributed by atoms with E-state index in [9.17, 15) is 5.26 Å². The third-order valence-electron chi connectivity index (χ3n) is 6.09. The SMILES string of the molecule is CN(C)CCn1ccnc1-c1ccc(-c2ccc(C3(C#N)CCCC3)cc2)cc1.O=CO. The van der Waals surface area contributed by atoms with Crippen LogP contribution in [0, 0.1) is 11.3 Å². The van der Waals surface area contributed by atoms with Crippen molar-refractivity contribution in [2.75, 3.05) is 20.6 Å². The zero-order valence-corrected chi connectivity index (χ0v) is 18.7. The second kappa shape index (κ2) is 10.7. The van der Waals surface area contributed by atoms with Gasteiger partial charge in [-0.05, 0) is 43.6 Å². The van der Waals surface area contributed by atoms with Crippen LogP contribution in [-0.4, -0.2) is 46.7 Å². The Labute approximate surface area is 189 Å². The number of hydrogen-bond donors (Lipinski definition) is 1. The molecule has 0 amide bonds. The molecule has 1 saturated carbocycles. The van der Waals surface area contributed by atoms with E-state index in [4.69, 9.17) is 9.90 Å². The van der Waals surface area contributed by atoms with Crippen LogP contribution >= 0.6 is 0 Å². The summed E-state index contributed by atoms with van der Waals surface area (Å²) in [6, 6.07) is 19.8. The number of aromatic nitrogens is 2. The maximum atomic E-state index is 9.71. The summed E-state index contributed by atoms with van der Waals surface area (Å²) in [6.07, 6.45) is 8.18. The average Bonchev–Trinajstić information content (AvgIpc) is 3.49. The van der Waals surface area contributed by atoms with E-state index in [0.717, 1.165) is 50.2 Å². The van der Waals surface area contributed by atoms with Gasteiger partial charge in [-0.3, -0.25) is 4.79 Å². The van der Waals surface area contributed by atoms with Gasteiger partial charge < -0.3 is 14.6 Å².